The maximum atomic E-state index is 5.95. The van der Waals surface area contributed by atoms with Crippen molar-refractivity contribution in [3.63, 3.8) is 0 Å². The largest absolute Gasteiger partial charge is 0.334 e. The van der Waals surface area contributed by atoms with Crippen molar-refractivity contribution in [3.05, 3.63) is 53.6 Å². The lowest BCUT2D eigenvalue weighted by Gasteiger charge is -2.31. The summed E-state index contributed by atoms with van der Waals surface area (Å²) in [6.07, 6.45) is 5.13. The van der Waals surface area contributed by atoms with Crippen LogP contribution in [-0.2, 0) is 13.0 Å². The Labute approximate surface area is 120 Å². The van der Waals surface area contributed by atoms with E-state index in [0.717, 1.165) is 6.54 Å². The first-order valence-corrected chi connectivity index (χ1v) is 7.48. The Morgan fingerprint density at radius 2 is 2.15 bits per heavy atom. The van der Waals surface area contributed by atoms with E-state index >= 15 is 0 Å². The molecule has 0 bridgehead atoms. The number of imidazole rings is 1. The van der Waals surface area contributed by atoms with Gasteiger partial charge in [0.25, 0.3) is 0 Å². The minimum absolute atomic E-state index is 0.396. The molecule has 3 rings (SSSR count). The van der Waals surface area contributed by atoms with Gasteiger partial charge in [-0.1, -0.05) is 38.1 Å². The molecule has 3 nitrogen and oxygen atoms in total. The van der Waals surface area contributed by atoms with Gasteiger partial charge in [-0.2, -0.15) is 0 Å². The van der Waals surface area contributed by atoms with E-state index in [4.69, 9.17) is 5.73 Å². The fourth-order valence-electron chi connectivity index (χ4n) is 3.29. The molecule has 0 spiro atoms. The molecule has 0 fully saturated rings. The fourth-order valence-corrected chi connectivity index (χ4v) is 3.29. The molecule has 3 heteroatoms. The molecule has 0 saturated heterocycles. The van der Waals surface area contributed by atoms with Gasteiger partial charge >= 0.3 is 0 Å². The van der Waals surface area contributed by atoms with Crippen LogP contribution in [-0.4, -0.2) is 16.1 Å². The Morgan fingerprint density at radius 1 is 1.35 bits per heavy atom. The second-order valence-corrected chi connectivity index (χ2v) is 6.16. The summed E-state index contributed by atoms with van der Waals surface area (Å²) in [5.74, 6) is 1.57. The van der Waals surface area contributed by atoms with Gasteiger partial charge in [0.2, 0.25) is 0 Å². The van der Waals surface area contributed by atoms with Gasteiger partial charge in [-0.3, -0.25) is 0 Å². The summed E-state index contributed by atoms with van der Waals surface area (Å²) in [7, 11) is 0. The van der Waals surface area contributed by atoms with Gasteiger partial charge in [0.1, 0.15) is 0 Å². The van der Waals surface area contributed by atoms with Crippen LogP contribution in [0.5, 0.6) is 0 Å². The SMILES string of the molecule is CC(C)C(CN)c1cncn1CC1Cc2ccccc21. The van der Waals surface area contributed by atoms with Crippen LogP contribution in [0.1, 0.15) is 42.5 Å². The van der Waals surface area contributed by atoms with Crippen molar-refractivity contribution in [2.45, 2.75) is 38.6 Å². The monoisotopic (exact) mass is 269 g/mol. The van der Waals surface area contributed by atoms with E-state index in [2.05, 4.69) is 47.7 Å². The van der Waals surface area contributed by atoms with Gasteiger partial charge in [0, 0.05) is 36.8 Å². The lowest BCUT2D eigenvalue weighted by Crippen LogP contribution is -2.25. The number of benzene rings is 1. The van der Waals surface area contributed by atoms with Crippen molar-refractivity contribution in [1.29, 1.82) is 0 Å². The van der Waals surface area contributed by atoms with Gasteiger partial charge in [0.05, 0.1) is 6.33 Å². The molecular formula is C17H23N3. The Balaban J connectivity index is 1.79. The van der Waals surface area contributed by atoms with Gasteiger partial charge < -0.3 is 10.3 Å². The molecule has 2 aromatic rings. The third kappa shape index (κ3) is 2.27. The maximum Gasteiger partial charge on any atom is 0.0948 e. The summed E-state index contributed by atoms with van der Waals surface area (Å²) in [5.41, 5.74) is 10.2. The van der Waals surface area contributed by atoms with Crippen molar-refractivity contribution in [2.24, 2.45) is 11.7 Å². The number of nitrogens with zero attached hydrogens (tertiary/aromatic N) is 2. The van der Waals surface area contributed by atoms with Crippen LogP contribution in [0.4, 0.5) is 0 Å². The van der Waals surface area contributed by atoms with E-state index in [9.17, 15) is 0 Å². The summed E-state index contributed by atoms with van der Waals surface area (Å²) < 4.78 is 2.30. The van der Waals surface area contributed by atoms with Crippen LogP contribution in [0.3, 0.4) is 0 Å². The number of fused-ring (bicyclic) bond motifs is 1. The molecule has 0 radical (unpaired) electrons. The van der Waals surface area contributed by atoms with Crippen LogP contribution >= 0.6 is 0 Å². The normalized spacial score (nSPS) is 18.7. The molecule has 106 valence electrons. The molecule has 1 aromatic carbocycles. The van der Waals surface area contributed by atoms with Crippen molar-refractivity contribution < 1.29 is 0 Å². The number of nitrogens with two attached hydrogens (primary N) is 1. The highest BCUT2D eigenvalue weighted by atomic mass is 15.1. The maximum absolute atomic E-state index is 5.95. The quantitative estimate of drug-likeness (QED) is 0.907. The van der Waals surface area contributed by atoms with E-state index in [1.54, 1.807) is 0 Å². The lowest BCUT2D eigenvalue weighted by atomic mass is 9.77. The second-order valence-electron chi connectivity index (χ2n) is 6.16. The minimum Gasteiger partial charge on any atom is -0.334 e. The number of rotatable bonds is 5. The Bertz CT molecular complexity index is 585. The van der Waals surface area contributed by atoms with Crippen LogP contribution in [0.15, 0.2) is 36.8 Å². The van der Waals surface area contributed by atoms with Crippen LogP contribution in [0.2, 0.25) is 0 Å². The molecule has 0 saturated carbocycles. The van der Waals surface area contributed by atoms with Gasteiger partial charge in [-0.25, -0.2) is 4.98 Å². The summed E-state index contributed by atoms with van der Waals surface area (Å²) in [5, 5.41) is 0. The standard InChI is InChI=1S/C17H23N3/c1-12(2)16(8-18)17-9-19-11-20(17)10-14-7-13-5-3-4-6-15(13)14/h3-6,9,11-12,14,16H,7-8,10,18H2,1-2H3. The smallest absolute Gasteiger partial charge is 0.0948 e. The summed E-state index contributed by atoms with van der Waals surface area (Å²) in [4.78, 5) is 4.35. The highest BCUT2D eigenvalue weighted by Gasteiger charge is 2.27. The minimum atomic E-state index is 0.396. The highest BCUT2D eigenvalue weighted by molar-refractivity contribution is 5.39. The third-order valence-electron chi connectivity index (χ3n) is 4.56. The number of aromatic nitrogens is 2. The van der Waals surface area contributed by atoms with Crippen LogP contribution in [0, 0.1) is 5.92 Å². The first-order chi connectivity index (χ1) is 9.70. The number of hydrogen-bond acceptors (Lipinski definition) is 2. The van der Waals surface area contributed by atoms with Crippen LogP contribution < -0.4 is 5.73 Å². The molecule has 20 heavy (non-hydrogen) atoms. The fraction of sp³-hybridized carbons (Fsp3) is 0.471. The molecule has 2 N–H and O–H groups in total. The molecule has 1 aromatic heterocycles. The molecule has 1 aliphatic rings. The van der Waals surface area contributed by atoms with Crippen molar-refractivity contribution in [3.8, 4) is 0 Å². The van der Waals surface area contributed by atoms with E-state index in [1.807, 2.05) is 12.5 Å². The zero-order valence-corrected chi connectivity index (χ0v) is 12.3. The predicted octanol–water partition coefficient (Wildman–Crippen LogP) is 2.92. The Hall–Kier alpha value is -1.61. The second kappa shape index (κ2) is 5.41. The molecule has 1 heterocycles. The van der Waals surface area contributed by atoms with Crippen LogP contribution in [0.25, 0.3) is 0 Å². The molecule has 1 aliphatic carbocycles. The number of hydrogen-bond donors (Lipinski definition) is 1. The van der Waals surface area contributed by atoms with Crippen molar-refractivity contribution >= 4 is 0 Å². The van der Waals surface area contributed by atoms with Gasteiger partial charge in [0.15, 0.2) is 0 Å². The first kappa shape index (κ1) is 13.4. The summed E-state index contributed by atoms with van der Waals surface area (Å²) in [6.45, 7) is 6.17. The van der Waals surface area contributed by atoms with E-state index in [-0.39, 0.29) is 0 Å². The Kier molecular flexibility index (Phi) is 3.62. The highest BCUT2D eigenvalue weighted by Crippen LogP contribution is 2.36. The Morgan fingerprint density at radius 3 is 2.85 bits per heavy atom. The average Bonchev–Trinajstić information content (AvgIpc) is 2.85. The molecule has 2 atom stereocenters. The third-order valence-corrected chi connectivity index (χ3v) is 4.56. The summed E-state index contributed by atoms with van der Waals surface area (Å²) in [6, 6.07) is 8.75. The van der Waals surface area contributed by atoms with Crippen molar-refractivity contribution in [1.82, 2.24) is 9.55 Å². The van der Waals surface area contributed by atoms with Crippen molar-refractivity contribution in [2.75, 3.05) is 6.54 Å². The molecule has 0 amide bonds. The molecule has 2 unspecified atom stereocenters. The first-order valence-electron chi connectivity index (χ1n) is 7.48. The predicted molar refractivity (Wildman–Crippen MR) is 81.7 cm³/mol. The van der Waals surface area contributed by atoms with E-state index < -0.39 is 0 Å². The zero-order chi connectivity index (χ0) is 14.1. The zero-order valence-electron chi connectivity index (χ0n) is 12.3. The van der Waals surface area contributed by atoms with Gasteiger partial charge in [-0.15, -0.1) is 0 Å². The summed E-state index contributed by atoms with van der Waals surface area (Å²) >= 11 is 0. The lowest BCUT2D eigenvalue weighted by molar-refractivity contribution is 0.443. The molecule has 0 aliphatic heterocycles. The average molecular weight is 269 g/mol. The molecular weight excluding hydrogens is 246 g/mol. The van der Waals surface area contributed by atoms with E-state index in [0.29, 0.717) is 24.3 Å². The van der Waals surface area contributed by atoms with E-state index in [1.165, 1.54) is 23.2 Å². The van der Waals surface area contributed by atoms with Gasteiger partial charge in [-0.05, 0) is 23.5 Å². The topological polar surface area (TPSA) is 43.8 Å².